The Balaban J connectivity index is 0.00000380. The van der Waals surface area contributed by atoms with Crippen LogP contribution in [0.2, 0.25) is 0 Å². The van der Waals surface area contributed by atoms with E-state index in [1.807, 2.05) is 0 Å². The van der Waals surface area contributed by atoms with Crippen LogP contribution < -0.4 is 5.32 Å². The van der Waals surface area contributed by atoms with Crippen molar-refractivity contribution in [2.24, 2.45) is 11.8 Å². The van der Waals surface area contributed by atoms with Gasteiger partial charge in [0.05, 0.1) is 24.5 Å². The molecule has 0 radical (unpaired) electrons. The van der Waals surface area contributed by atoms with Gasteiger partial charge in [-0.15, -0.1) is 23.4 Å². The van der Waals surface area contributed by atoms with Crippen molar-refractivity contribution in [3.8, 4) is 0 Å². The largest absolute Gasteiger partial charge is 0.457 e. The van der Waals surface area contributed by atoms with Gasteiger partial charge in [-0.1, -0.05) is 26.2 Å². The first-order valence-electron chi connectivity index (χ1n) is 12.3. The highest BCUT2D eigenvalue weighted by Crippen LogP contribution is 2.49. The van der Waals surface area contributed by atoms with Crippen LogP contribution in [0.5, 0.6) is 0 Å². The molecule has 3 fully saturated rings. The summed E-state index contributed by atoms with van der Waals surface area (Å²) >= 11 is 1.48. The summed E-state index contributed by atoms with van der Waals surface area (Å²) in [6.45, 7) is 9.81. The van der Waals surface area contributed by atoms with E-state index in [1.165, 1.54) is 28.8 Å². The molecule has 37 heavy (non-hydrogen) atoms. The Morgan fingerprint density at radius 2 is 2.05 bits per heavy atom. The molecule has 2 amide bonds. The molecule has 0 aromatic rings. The van der Waals surface area contributed by atoms with Gasteiger partial charge in [-0.3, -0.25) is 14.4 Å². The summed E-state index contributed by atoms with van der Waals surface area (Å²) in [6.07, 6.45) is 4.61. The lowest BCUT2D eigenvalue weighted by Gasteiger charge is -2.44. The van der Waals surface area contributed by atoms with Gasteiger partial charge in [0.25, 0.3) is 0 Å². The third-order valence-corrected chi connectivity index (χ3v) is 8.42. The maximum Gasteiger partial charge on any atom is 0.356 e. The quantitative estimate of drug-likeness (QED) is 0.232. The van der Waals surface area contributed by atoms with Crippen molar-refractivity contribution in [3.05, 3.63) is 35.9 Å². The van der Waals surface area contributed by atoms with E-state index in [9.17, 15) is 24.3 Å². The smallest absolute Gasteiger partial charge is 0.356 e. The molecule has 0 aliphatic carbocycles. The molecule has 11 heteroatoms. The molecule has 0 spiro atoms. The van der Waals surface area contributed by atoms with Crippen LogP contribution in [-0.2, 0) is 28.8 Å². The van der Waals surface area contributed by atoms with E-state index in [1.54, 1.807) is 12.0 Å². The first-order chi connectivity index (χ1) is 17.2. The van der Waals surface area contributed by atoms with E-state index in [4.69, 9.17) is 9.57 Å². The topological polar surface area (TPSA) is 125 Å². The van der Waals surface area contributed by atoms with Gasteiger partial charge in [-0.2, -0.15) is 0 Å². The molecule has 4 aliphatic rings. The number of carbonyl (C=O) groups excluding carboxylic acids is 4. The molecule has 6 atom stereocenters. The van der Waals surface area contributed by atoms with E-state index in [0.717, 1.165) is 11.3 Å². The second kappa shape index (κ2) is 12.3. The zero-order chi connectivity index (χ0) is 26.0. The summed E-state index contributed by atoms with van der Waals surface area (Å²) in [5.41, 5.74) is 0.225. The number of hydrogen-bond acceptors (Lipinski definition) is 9. The fraction of sp³-hybridized carbons (Fsp3) is 0.615. The highest BCUT2D eigenvalue weighted by Gasteiger charge is 2.57. The number of β-lactam (4-membered cyclic amide) rings is 1. The van der Waals surface area contributed by atoms with Crippen molar-refractivity contribution in [1.82, 2.24) is 15.3 Å². The number of nitrogens with zero attached hydrogens (tertiary/aromatic N) is 2. The van der Waals surface area contributed by atoms with E-state index >= 15 is 0 Å². The predicted octanol–water partition coefficient (Wildman–Crippen LogP) is 1.91. The fourth-order valence-electron chi connectivity index (χ4n) is 5.47. The van der Waals surface area contributed by atoms with Gasteiger partial charge >= 0.3 is 11.9 Å². The first-order valence-corrected chi connectivity index (χ1v) is 13.2. The lowest BCUT2D eigenvalue weighted by molar-refractivity contribution is -0.194. The summed E-state index contributed by atoms with van der Waals surface area (Å²) in [7, 11) is 0. The third-order valence-electron chi connectivity index (χ3n) is 7.10. The Kier molecular flexibility index (Phi) is 9.60. The Morgan fingerprint density at radius 3 is 2.68 bits per heavy atom. The Hall–Kier alpha value is -2.63. The summed E-state index contributed by atoms with van der Waals surface area (Å²) in [4.78, 5) is 57.8. The van der Waals surface area contributed by atoms with Gasteiger partial charge in [-0.05, 0) is 26.2 Å². The molecule has 4 rings (SSSR count). The van der Waals surface area contributed by atoms with Gasteiger partial charge < -0.3 is 24.9 Å². The van der Waals surface area contributed by atoms with Crippen molar-refractivity contribution in [2.75, 3.05) is 19.7 Å². The average molecular weight is 536 g/mol. The second-order valence-electron chi connectivity index (χ2n) is 9.60. The number of thioether (sulfide) groups is 1. The van der Waals surface area contributed by atoms with Crippen molar-refractivity contribution in [3.63, 3.8) is 0 Å². The summed E-state index contributed by atoms with van der Waals surface area (Å²) in [6, 6.07) is -0.431. The highest BCUT2D eigenvalue weighted by atomic mass is 32.2. The second-order valence-corrected chi connectivity index (χ2v) is 11.0. The number of rotatable bonds is 11. The van der Waals surface area contributed by atoms with E-state index in [-0.39, 0.29) is 61.2 Å². The SMILES string of the molecule is C.C=CCOC(=O)C1=C(SC2C[C@@H](CC3CCNC3=O)N(OC(=O)CC=C)C2)CC2C([C@H](C)O)C(=O)N12. The summed E-state index contributed by atoms with van der Waals surface area (Å²) in [5, 5.41) is 14.6. The van der Waals surface area contributed by atoms with Gasteiger partial charge in [0.2, 0.25) is 11.8 Å². The number of esters is 1. The molecule has 2 N–H and O–H groups in total. The van der Waals surface area contributed by atoms with Crippen molar-refractivity contribution >= 4 is 35.5 Å². The van der Waals surface area contributed by atoms with Crippen LogP contribution in [0.25, 0.3) is 0 Å². The molecule has 4 aliphatic heterocycles. The van der Waals surface area contributed by atoms with Gasteiger partial charge in [0.1, 0.15) is 12.3 Å². The third kappa shape index (κ3) is 5.94. The Bertz CT molecular complexity index is 981. The molecular weight excluding hydrogens is 498 g/mol. The fourth-order valence-corrected chi connectivity index (χ4v) is 6.97. The Labute approximate surface area is 222 Å². The number of nitrogens with one attached hydrogen (secondary N) is 1. The Morgan fingerprint density at radius 1 is 1.30 bits per heavy atom. The average Bonchev–Trinajstić information content (AvgIpc) is 3.48. The minimum atomic E-state index is -0.818. The molecule has 0 aromatic carbocycles. The number of hydroxylamine groups is 2. The van der Waals surface area contributed by atoms with Crippen LogP contribution in [0.15, 0.2) is 35.9 Å². The zero-order valence-corrected chi connectivity index (χ0v) is 21.2. The molecule has 4 heterocycles. The number of ether oxygens (including phenoxy) is 1. The molecule has 0 aromatic heterocycles. The highest BCUT2D eigenvalue weighted by molar-refractivity contribution is 8.03. The number of amides is 2. The predicted molar refractivity (Wildman–Crippen MR) is 138 cm³/mol. The molecule has 3 saturated heterocycles. The van der Waals surface area contributed by atoms with E-state index in [0.29, 0.717) is 32.4 Å². The van der Waals surface area contributed by atoms with Gasteiger partial charge in [0.15, 0.2) is 0 Å². The maximum atomic E-state index is 12.9. The number of hydrogen-bond donors (Lipinski definition) is 2. The normalized spacial score (nSPS) is 29.7. The lowest BCUT2D eigenvalue weighted by atomic mass is 9.83. The first kappa shape index (κ1) is 28.9. The molecule has 0 bridgehead atoms. The van der Waals surface area contributed by atoms with Crippen molar-refractivity contribution in [1.29, 1.82) is 0 Å². The molecule has 0 saturated carbocycles. The summed E-state index contributed by atoms with van der Waals surface area (Å²) in [5.74, 6) is -1.97. The van der Waals surface area contributed by atoms with Crippen molar-refractivity contribution in [2.45, 2.75) is 69.9 Å². The molecule has 4 unspecified atom stereocenters. The lowest BCUT2D eigenvalue weighted by Crippen LogP contribution is -2.61. The number of carbonyl (C=O) groups is 4. The number of fused-ring (bicyclic) bond motifs is 1. The van der Waals surface area contributed by atoms with Crippen LogP contribution in [0.3, 0.4) is 0 Å². The van der Waals surface area contributed by atoms with E-state index in [2.05, 4.69) is 18.5 Å². The minimum absolute atomic E-state index is 0. The van der Waals surface area contributed by atoms with Crippen LogP contribution in [0.4, 0.5) is 0 Å². The zero-order valence-electron chi connectivity index (χ0n) is 20.4. The summed E-state index contributed by atoms with van der Waals surface area (Å²) < 4.78 is 5.27. The van der Waals surface area contributed by atoms with Crippen molar-refractivity contribution < 1.29 is 33.9 Å². The maximum absolute atomic E-state index is 12.9. The monoisotopic (exact) mass is 535 g/mol. The molecule has 204 valence electrons. The number of aliphatic hydroxyl groups is 1. The van der Waals surface area contributed by atoms with Crippen LogP contribution in [-0.4, -0.2) is 82.0 Å². The number of aliphatic hydroxyl groups excluding tert-OH is 1. The van der Waals surface area contributed by atoms with Crippen LogP contribution in [0.1, 0.15) is 46.5 Å². The molecular formula is C26H37N3O7S. The molecule has 10 nitrogen and oxygen atoms in total. The van der Waals surface area contributed by atoms with Gasteiger partial charge in [0, 0.05) is 41.6 Å². The van der Waals surface area contributed by atoms with Crippen LogP contribution >= 0.6 is 11.8 Å². The standard InChI is InChI=1S/C25H33N3O7S.CH4/c1-4-6-20(30)35-27-13-17(11-16(27)10-15-7-8-26-23(15)31)36-19-12-18-21(14(3)29)24(32)28(18)22(19)25(33)34-9-5-2;/h4-5,14-18,21,29H,1-2,6-13H2,3H3,(H,26,31);1H4/t14-,15?,16+,17?,18?,21?;/m0./s1. The van der Waals surface area contributed by atoms with Crippen LogP contribution in [0, 0.1) is 11.8 Å². The minimum Gasteiger partial charge on any atom is -0.457 e. The van der Waals surface area contributed by atoms with Gasteiger partial charge in [-0.25, -0.2) is 4.79 Å². The van der Waals surface area contributed by atoms with E-state index < -0.39 is 24.0 Å².